The molecular formula is C7H15N5O2. The van der Waals surface area contributed by atoms with E-state index in [0.717, 1.165) is 0 Å². The Balaban J connectivity index is 2.24. The van der Waals surface area contributed by atoms with Gasteiger partial charge in [0.15, 0.2) is 0 Å². The molecule has 0 bridgehead atoms. The number of carbonyl (C=O) groups is 2. The molecule has 0 aliphatic carbocycles. The number of carbonyl (C=O) groups excluding carboxylic acids is 2. The van der Waals surface area contributed by atoms with Gasteiger partial charge in [0.05, 0.1) is 6.54 Å². The van der Waals surface area contributed by atoms with Crippen molar-refractivity contribution in [3.05, 3.63) is 0 Å². The third kappa shape index (κ3) is 3.58. The summed E-state index contributed by atoms with van der Waals surface area (Å²) in [6, 6.07) is -0.562. The summed E-state index contributed by atoms with van der Waals surface area (Å²) in [7, 11) is 0. The maximum Gasteiger partial charge on any atom is 0.326 e. The molecule has 5 N–H and O–H groups in total. The number of nitrogens with zero attached hydrogens (tertiary/aromatic N) is 2. The van der Waals surface area contributed by atoms with Crippen LogP contribution < -0.4 is 16.9 Å². The Hall–Kier alpha value is -1.34. The van der Waals surface area contributed by atoms with Crippen molar-refractivity contribution < 1.29 is 9.59 Å². The second kappa shape index (κ2) is 4.77. The van der Waals surface area contributed by atoms with Gasteiger partial charge in [0, 0.05) is 26.2 Å². The summed E-state index contributed by atoms with van der Waals surface area (Å²) in [6.45, 7) is 2.96. The summed E-state index contributed by atoms with van der Waals surface area (Å²) < 4.78 is 0. The van der Waals surface area contributed by atoms with Crippen LogP contribution in [0.3, 0.4) is 0 Å². The number of hydrogen-bond acceptors (Lipinski definition) is 4. The van der Waals surface area contributed by atoms with Gasteiger partial charge in [-0.1, -0.05) is 0 Å². The minimum absolute atomic E-state index is 0.268. The van der Waals surface area contributed by atoms with Crippen LogP contribution in [0.4, 0.5) is 4.79 Å². The molecule has 0 saturated carbocycles. The Morgan fingerprint density at radius 3 is 2.14 bits per heavy atom. The molecule has 7 nitrogen and oxygen atoms in total. The highest BCUT2D eigenvalue weighted by Crippen LogP contribution is 1.97. The molecule has 0 atom stereocenters. The third-order valence-corrected chi connectivity index (χ3v) is 2.02. The van der Waals surface area contributed by atoms with Crippen molar-refractivity contribution in [3.8, 4) is 0 Å². The van der Waals surface area contributed by atoms with E-state index in [4.69, 9.17) is 11.5 Å². The summed E-state index contributed by atoms with van der Waals surface area (Å²) in [6.07, 6.45) is 0. The second-order valence-corrected chi connectivity index (χ2v) is 3.21. The fourth-order valence-electron chi connectivity index (χ4n) is 1.39. The Labute approximate surface area is 82.0 Å². The topological polar surface area (TPSA) is 105 Å². The van der Waals surface area contributed by atoms with Gasteiger partial charge in [-0.2, -0.15) is 0 Å². The van der Waals surface area contributed by atoms with Crippen molar-refractivity contribution in [2.75, 3.05) is 32.7 Å². The van der Waals surface area contributed by atoms with Gasteiger partial charge in [0.2, 0.25) is 5.91 Å². The van der Waals surface area contributed by atoms with Crippen LogP contribution in [0.15, 0.2) is 0 Å². The number of rotatable bonds is 3. The molecule has 1 aliphatic heterocycles. The van der Waals surface area contributed by atoms with E-state index in [1.54, 1.807) is 5.01 Å². The molecule has 80 valence electrons. The van der Waals surface area contributed by atoms with Gasteiger partial charge < -0.3 is 11.5 Å². The average Bonchev–Trinajstić information content (AvgIpc) is 2.06. The highest BCUT2D eigenvalue weighted by molar-refractivity contribution is 5.75. The molecule has 0 radical (unpaired) electrons. The number of amides is 3. The van der Waals surface area contributed by atoms with Gasteiger partial charge in [0.25, 0.3) is 0 Å². The Kier molecular flexibility index (Phi) is 3.66. The van der Waals surface area contributed by atoms with Crippen molar-refractivity contribution in [2.45, 2.75) is 0 Å². The van der Waals surface area contributed by atoms with E-state index >= 15 is 0 Å². The van der Waals surface area contributed by atoms with E-state index < -0.39 is 6.03 Å². The van der Waals surface area contributed by atoms with E-state index in [2.05, 4.69) is 5.43 Å². The molecule has 1 saturated heterocycles. The molecule has 3 amide bonds. The lowest BCUT2D eigenvalue weighted by Crippen LogP contribution is -2.55. The molecule has 1 rings (SSSR count). The monoisotopic (exact) mass is 201 g/mol. The van der Waals surface area contributed by atoms with E-state index in [9.17, 15) is 9.59 Å². The van der Waals surface area contributed by atoms with Crippen molar-refractivity contribution in [2.24, 2.45) is 11.5 Å². The zero-order valence-corrected chi connectivity index (χ0v) is 7.90. The smallest absolute Gasteiger partial charge is 0.326 e. The van der Waals surface area contributed by atoms with E-state index in [-0.39, 0.29) is 12.5 Å². The largest absolute Gasteiger partial charge is 0.369 e. The van der Waals surface area contributed by atoms with Gasteiger partial charge in [-0.3, -0.25) is 15.1 Å². The number of primary amides is 2. The summed E-state index contributed by atoms with van der Waals surface area (Å²) >= 11 is 0. The molecule has 1 aliphatic rings. The van der Waals surface area contributed by atoms with E-state index in [1.807, 2.05) is 4.90 Å². The summed E-state index contributed by atoms with van der Waals surface area (Å²) in [4.78, 5) is 23.0. The van der Waals surface area contributed by atoms with Crippen LogP contribution in [-0.2, 0) is 4.79 Å². The summed E-state index contributed by atoms with van der Waals surface area (Å²) in [5.41, 5.74) is 12.5. The fourth-order valence-corrected chi connectivity index (χ4v) is 1.39. The van der Waals surface area contributed by atoms with Crippen molar-refractivity contribution in [1.82, 2.24) is 15.3 Å². The molecule has 0 aromatic heterocycles. The standard InChI is InChI=1S/C7H15N5O2/c8-6(13)5-11-1-3-12(4-2-11)10-7(9)14/h1-5H2,(H2,8,13)(H3,9,10,14). The van der Waals surface area contributed by atoms with E-state index in [1.165, 1.54) is 0 Å². The number of urea groups is 1. The summed E-state index contributed by atoms with van der Waals surface area (Å²) in [5.74, 6) is -0.332. The van der Waals surface area contributed by atoms with Crippen molar-refractivity contribution >= 4 is 11.9 Å². The minimum Gasteiger partial charge on any atom is -0.369 e. The molecule has 0 unspecified atom stereocenters. The van der Waals surface area contributed by atoms with Crippen LogP contribution in [0.5, 0.6) is 0 Å². The van der Waals surface area contributed by atoms with Crippen LogP contribution in [0.1, 0.15) is 0 Å². The van der Waals surface area contributed by atoms with E-state index in [0.29, 0.717) is 26.2 Å². The molecule has 1 heterocycles. The second-order valence-electron chi connectivity index (χ2n) is 3.21. The van der Waals surface area contributed by atoms with Crippen molar-refractivity contribution in [3.63, 3.8) is 0 Å². The minimum atomic E-state index is -0.562. The zero-order valence-electron chi connectivity index (χ0n) is 7.90. The molecule has 0 spiro atoms. The number of nitrogens with one attached hydrogen (secondary N) is 1. The zero-order chi connectivity index (χ0) is 10.6. The molecule has 7 heteroatoms. The van der Waals surface area contributed by atoms with Gasteiger partial charge in [0.1, 0.15) is 0 Å². The van der Waals surface area contributed by atoms with Gasteiger partial charge in [-0.25, -0.2) is 9.80 Å². The number of hydrogen-bond donors (Lipinski definition) is 3. The summed E-state index contributed by atoms with van der Waals surface area (Å²) in [5, 5.41) is 1.72. The Bertz CT molecular complexity index is 200. The Morgan fingerprint density at radius 2 is 1.71 bits per heavy atom. The molecule has 1 fully saturated rings. The fraction of sp³-hybridized carbons (Fsp3) is 0.714. The molecular weight excluding hydrogens is 186 g/mol. The molecule has 0 aromatic carbocycles. The lowest BCUT2D eigenvalue weighted by atomic mass is 10.3. The molecule has 0 aromatic rings. The number of nitrogens with two attached hydrogens (primary N) is 2. The first-order valence-electron chi connectivity index (χ1n) is 4.39. The van der Waals surface area contributed by atoms with Gasteiger partial charge >= 0.3 is 6.03 Å². The maximum absolute atomic E-state index is 10.6. The third-order valence-electron chi connectivity index (χ3n) is 2.02. The first-order chi connectivity index (χ1) is 6.58. The Morgan fingerprint density at radius 1 is 1.14 bits per heavy atom. The predicted molar refractivity (Wildman–Crippen MR) is 49.9 cm³/mol. The van der Waals surface area contributed by atoms with Crippen LogP contribution in [0, 0.1) is 0 Å². The average molecular weight is 201 g/mol. The SMILES string of the molecule is NC(=O)CN1CCN(NC(N)=O)CC1. The first kappa shape index (κ1) is 10.7. The number of hydrazine groups is 1. The lowest BCUT2D eigenvalue weighted by molar-refractivity contribution is -0.119. The van der Waals surface area contributed by atoms with Crippen molar-refractivity contribution in [1.29, 1.82) is 0 Å². The quantitative estimate of drug-likeness (QED) is 0.476. The lowest BCUT2D eigenvalue weighted by Gasteiger charge is -2.33. The van der Waals surface area contributed by atoms with Crippen LogP contribution in [0.2, 0.25) is 0 Å². The van der Waals surface area contributed by atoms with Crippen LogP contribution in [0.25, 0.3) is 0 Å². The van der Waals surface area contributed by atoms with Crippen LogP contribution in [-0.4, -0.2) is 54.6 Å². The highest BCUT2D eigenvalue weighted by atomic mass is 16.2. The molecule has 14 heavy (non-hydrogen) atoms. The number of piperazine rings is 1. The van der Waals surface area contributed by atoms with Gasteiger partial charge in [-0.05, 0) is 0 Å². The predicted octanol–water partition coefficient (Wildman–Crippen LogP) is -2.33. The first-order valence-corrected chi connectivity index (χ1v) is 4.39. The highest BCUT2D eigenvalue weighted by Gasteiger charge is 2.18. The maximum atomic E-state index is 10.6. The van der Waals surface area contributed by atoms with Gasteiger partial charge in [-0.15, -0.1) is 0 Å². The normalized spacial score (nSPS) is 19.1. The van der Waals surface area contributed by atoms with Crippen LogP contribution >= 0.6 is 0 Å².